The minimum absolute atomic E-state index is 0.0357. The van der Waals surface area contributed by atoms with E-state index < -0.39 is 0 Å². The maximum Gasteiger partial charge on any atom is 0.151 e. The molecule has 0 aromatic heterocycles. The molecule has 10 heavy (non-hydrogen) atoms. The van der Waals surface area contributed by atoms with Crippen molar-refractivity contribution in [3.8, 4) is 0 Å². The van der Waals surface area contributed by atoms with Crippen LogP contribution in [0.3, 0.4) is 0 Å². The molecule has 0 aromatic rings. The van der Waals surface area contributed by atoms with E-state index in [-0.39, 0.29) is 12.3 Å². The second-order valence-corrected chi connectivity index (χ2v) is 2.64. The summed E-state index contributed by atoms with van der Waals surface area (Å²) in [7, 11) is 0. The van der Waals surface area contributed by atoms with Crippen LogP contribution < -0.4 is 5.73 Å². The number of allylic oxidation sites excluding steroid dienone is 1. The van der Waals surface area contributed by atoms with Gasteiger partial charge in [0.2, 0.25) is 0 Å². The van der Waals surface area contributed by atoms with Crippen LogP contribution in [0.2, 0.25) is 0 Å². The van der Waals surface area contributed by atoms with Crippen LogP contribution >= 0.6 is 15.9 Å². The fourth-order valence-corrected chi connectivity index (χ4v) is 0.449. The smallest absolute Gasteiger partial charge is 0.151 e. The SMILES string of the molecule is CC(=O)CN=C/C(Br)=C\N. The number of nitrogens with two attached hydrogens (primary N) is 1. The molecule has 0 fully saturated rings. The molecule has 0 aliphatic heterocycles. The van der Waals surface area contributed by atoms with Crippen molar-refractivity contribution in [3.05, 3.63) is 10.7 Å². The van der Waals surface area contributed by atoms with Crippen molar-refractivity contribution in [3.63, 3.8) is 0 Å². The highest BCUT2D eigenvalue weighted by molar-refractivity contribution is 9.12. The van der Waals surface area contributed by atoms with Crippen LogP contribution in [-0.2, 0) is 4.79 Å². The first-order chi connectivity index (χ1) is 4.66. The lowest BCUT2D eigenvalue weighted by Gasteiger charge is -1.85. The Kier molecular flexibility index (Phi) is 4.84. The zero-order valence-electron chi connectivity index (χ0n) is 5.67. The van der Waals surface area contributed by atoms with E-state index in [4.69, 9.17) is 5.73 Å². The van der Waals surface area contributed by atoms with Gasteiger partial charge in [-0.1, -0.05) is 0 Å². The van der Waals surface area contributed by atoms with Crippen molar-refractivity contribution in [1.29, 1.82) is 0 Å². The van der Waals surface area contributed by atoms with Gasteiger partial charge in [-0.25, -0.2) is 0 Å². The molecule has 4 heteroatoms. The number of carbonyl (C=O) groups is 1. The van der Waals surface area contributed by atoms with E-state index in [1.807, 2.05) is 0 Å². The summed E-state index contributed by atoms with van der Waals surface area (Å²) in [5, 5.41) is 0. The molecule has 0 aliphatic carbocycles. The van der Waals surface area contributed by atoms with Crippen molar-refractivity contribution in [1.82, 2.24) is 0 Å². The average molecular weight is 205 g/mol. The molecule has 0 bridgehead atoms. The minimum Gasteiger partial charge on any atom is -0.404 e. The Balaban J connectivity index is 3.67. The Labute approximate surface area is 68.1 Å². The summed E-state index contributed by atoms with van der Waals surface area (Å²) >= 11 is 3.10. The van der Waals surface area contributed by atoms with E-state index in [0.29, 0.717) is 4.48 Å². The van der Waals surface area contributed by atoms with E-state index in [1.165, 1.54) is 19.3 Å². The van der Waals surface area contributed by atoms with Gasteiger partial charge in [0.1, 0.15) is 0 Å². The van der Waals surface area contributed by atoms with Crippen LogP contribution in [0, 0.1) is 0 Å². The van der Waals surface area contributed by atoms with Crippen molar-refractivity contribution in [2.24, 2.45) is 10.7 Å². The van der Waals surface area contributed by atoms with E-state index >= 15 is 0 Å². The predicted octanol–water partition coefficient (Wildman–Crippen LogP) is 0.841. The van der Waals surface area contributed by atoms with E-state index in [9.17, 15) is 4.79 Å². The Morgan fingerprint density at radius 1 is 1.80 bits per heavy atom. The molecule has 2 N–H and O–H groups in total. The maximum absolute atomic E-state index is 10.3. The predicted molar refractivity (Wildman–Crippen MR) is 45.2 cm³/mol. The molecule has 0 radical (unpaired) electrons. The molecule has 0 atom stereocenters. The molecule has 0 unspecified atom stereocenters. The second-order valence-electron chi connectivity index (χ2n) is 1.72. The first kappa shape index (κ1) is 9.36. The quantitative estimate of drug-likeness (QED) is 0.694. The standard InChI is InChI=1S/C6H9BrN2O/c1-5(10)3-9-4-6(7)2-8/h2,4H,3,8H2,1H3/b6-2+,9-4?. The summed E-state index contributed by atoms with van der Waals surface area (Å²) in [4.78, 5) is 14.1. The molecule has 56 valence electrons. The number of carbonyl (C=O) groups excluding carboxylic acids is 1. The van der Waals surface area contributed by atoms with E-state index in [1.54, 1.807) is 0 Å². The van der Waals surface area contributed by atoms with E-state index in [0.717, 1.165) is 0 Å². The molecular weight excluding hydrogens is 196 g/mol. The summed E-state index contributed by atoms with van der Waals surface area (Å²) in [5.41, 5.74) is 5.10. The molecule has 0 heterocycles. The number of aliphatic imine (C=N–C) groups is 1. The largest absolute Gasteiger partial charge is 0.404 e. The van der Waals surface area contributed by atoms with Crippen LogP contribution in [-0.4, -0.2) is 18.5 Å². The van der Waals surface area contributed by atoms with Crippen LogP contribution in [0.15, 0.2) is 15.7 Å². The third-order valence-electron chi connectivity index (χ3n) is 0.688. The normalized spacial score (nSPS) is 12.4. The van der Waals surface area contributed by atoms with Crippen LogP contribution in [0.1, 0.15) is 6.92 Å². The van der Waals surface area contributed by atoms with Crippen LogP contribution in [0.5, 0.6) is 0 Å². The Hall–Kier alpha value is -0.640. The van der Waals surface area contributed by atoms with Crippen molar-refractivity contribution < 1.29 is 4.79 Å². The Morgan fingerprint density at radius 2 is 2.40 bits per heavy atom. The highest BCUT2D eigenvalue weighted by Crippen LogP contribution is 1.96. The zero-order chi connectivity index (χ0) is 7.98. The number of Topliss-reactive ketones (excluding diaryl/α,β-unsaturated/α-hetero) is 1. The lowest BCUT2D eigenvalue weighted by Crippen LogP contribution is -1.94. The van der Waals surface area contributed by atoms with Gasteiger partial charge in [-0.15, -0.1) is 0 Å². The van der Waals surface area contributed by atoms with Gasteiger partial charge in [-0.3, -0.25) is 9.79 Å². The number of ketones is 1. The van der Waals surface area contributed by atoms with Gasteiger partial charge in [-0.2, -0.15) is 0 Å². The molecule has 0 saturated carbocycles. The molecule has 0 saturated heterocycles. The topological polar surface area (TPSA) is 55.5 Å². The van der Waals surface area contributed by atoms with Crippen molar-refractivity contribution >= 4 is 27.9 Å². The maximum atomic E-state index is 10.3. The molecule has 0 spiro atoms. The van der Waals surface area contributed by atoms with Crippen molar-refractivity contribution in [2.45, 2.75) is 6.92 Å². The van der Waals surface area contributed by atoms with Gasteiger partial charge < -0.3 is 5.73 Å². The summed E-state index contributed by atoms with van der Waals surface area (Å²) in [6, 6.07) is 0. The first-order valence-corrected chi connectivity index (χ1v) is 3.52. The number of hydrogen-bond acceptors (Lipinski definition) is 3. The fourth-order valence-electron chi connectivity index (χ4n) is 0.304. The highest BCUT2D eigenvalue weighted by atomic mass is 79.9. The van der Waals surface area contributed by atoms with Gasteiger partial charge in [0.25, 0.3) is 0 Å². The molecule has 3 nitrogen and oxygen atoms in total. The monoisotopic (exact) mass is 204 g/mol. The lowest BCUT2D eigenvalue weighted by atomic mass is 10.5. The third-order valence-corrected chi connectivity index (χ3v) is 1.16. The number of nitrogens with zero attached hydrogens (tertiary/aromatic N) is 1. The number of rotatable bonds is 3. The van der Waals surface area contributed by atoms with Gasteiger partial charge >= 0.3 is 0 Å². The van der Waals surface area contributed by atoms with Gasteiger partial charge in [0.05, 0.1) is 11.0 Å². The minimum atomic E-state index is 0.0357. The number of halogens is 1. The van der Waals surface area contributed by atoms with Crippen molar-refractivity contribution in [2.75, 3.05) is 6.54 Å². The number of hydrogen-bond donors (Lipinski definition) is 1. The summed E-state index contributed by atoms with van der Waals surface area (Å²) in [5.74, 6) is 0.0357. The van der Waals surface area contributed by atoms with E-state index in [2.05, 4.69) is 20.9 Å². The average Bonchev–Trinajstić information content (AvgIpc) is 1.87. The first-order valence-electron chi connectivity index (χ1n) is 2.73. The fraction of sp³-hybridized carbons (Fsp3) is 0.333. The summed E-state index contributed by atoms with van der Waals surface area (Å²) in [6.07, 6.45) is 2.87. The molecule has 0 rings (SSSR count). The molecular formula is C6H9BrN2O. The molecule has 0 amide bonds. The lowest BCUT2D eigenvalue weighted by molar-refractivity contribution is -0.115. The Bertz CT molecular complexity index is 175. The van der Waals surface area contributed by atoms with Crippen LogP contribution in [0.4, 0.5) is 0 Å². The zero-order valence-corrected chi connectivity index (χ0v) is 7.26. The third kappa shape index (κ3) is 5.50. The second kappa shape index (κ2) is 5.17. The van der Waals surface area contributed by atoms with Crippen LogP contribution in [0.25, 0.3) is 0 Å². The molecule has 0 aliphatic rings. The summed E-state index contributed by atoms with van der Waals surface area (Å²) < 4.78 is 0.675. The molecule has 0 aromatic carbocycles. The highest BCUT2D eigenvalue weighted by Gasteiger charge is 1.86. The van der Waals surface area contributed by atoms with Gasteiger partial charge in [0.15, 0.2) is 5.78 Å². The van der Waals surface area contributed by atoms with Gasteiger partial charge in [0, 0.05) is 12.4 Å². The van der Waals surface area contributed by atoms with Gasteiger partial charge in [-0.05, 0) is 22.9 Å². The Morgan fingerprint density at radius 3 is 2.80 bits per heavy atom. The summed E-state index contributed by atoms with van der Waals surface area (Å²) in [6.45, 7) is 1.69.